The van der Waals surface area contributed by atoms with Gasteiger partial charge >= 0.3 is 6.18 Å². The number of fused-ring (bicyclic) bond motifs is 2. The molecule has 0 spiro atoms. The van der Waals surface area contributed by atoms with Crippen LogP contribution in [0.4, 0.5) is 13.2 Å². The average Bonchev–Trinajstić information content (AvgIpc) is 3.60. The number of imidazole rings is 2. The Balaban J connectivity index is 1.58. The highest BCUT2D eigenvalue weighted by Gasteiger charge is 2.37. The molecule has 7 aromatic rings. The van der Waals surface area contributed by atoms with Crippen LogP contribution in [0.15, 0.2) is 121 Å². The second-order valence-electron chi connectivity index (χ2n) is 9.75. The van der Waals surface area contributed by atoms with Gasteiger partial charge in [-0.2, -0.15) is 18.4 Å². The molecule has 202 valence electrons. The number of alkyl halides is 3. The van der Waals surface area contributed by atoms with Crippen molar-refractivity contribution in [2.75, 3.05) is 0 Å². The van der Waals surface area contributed by atoms with E-state index in [1.807, 2.05) is 54.6 Å². The minimum atomic E-state index is -4.75. The topological polar surface area (TPSA) is 59.4 Å². The van der Waals surface area contributed by atoms with Gasteiger partial charge < -0.3 is 0 Å². The monoisotopic (exact) mass is 555 g/mol. The lowest BCUT2D eigenvalue weighted by Gasteiger charge is -2.20. The van der Waals surface area contributed by atoms with Crippen molar-refractivity contribution in [1.82, 2.24) is 19.1 Å². The summed E-state index contributed by atoms with van der Waals surface area (Å²) >= 11 is 0. The summed E-state index contributed by atoms with van der Waals surface area (Å²) in [4.78, 5) is 9.45. The van der Waals surface area contributed by atoms with E-state index in [2.05, 4.69) is 6.07 Å². The molecule has 0 amide bonds. The number of hydrogen-bond acceptors (Lipinski definition) is 3. The standard InChI is InChI=1S/C34H20F3N5/c35-34(36,37)25-20-30(41-28-17-9-7-15-26(28)39-32(41)22-11-3-1-4-12-22)24(21-38)19-31(25)42-29-18-10-8-16-27(29)40-33(42)23-13-5-2-6-14-23/h1-20H. The van der Waals surface area contributed by atoms with Crippen molar-refractivity contribution < 1.29 is 13.2 Å². The van der Waals surface area contributed by atoms with Crippen LogP contribution in [0, 0.1) is 11.3 Å². The molecule has 0 saturated carbocycles. The summed E-state index contributed by atoms with van der Waals surface area (Å²) in [6.45, 7) is 0. The number of nitriles is 1. The van der Waals surface area contributed by atoms with Crippen LogP contribution >= 0.6 is 0 Å². The van der Waals surface area contributed by atoms with E-state index in [0.717, 1.165) is 6.07 Å². The van der Waals surface area contributed by atoms with Crippen LogP contribution in [0.25, 0.3) is 56.2 Å². The van der Waals surface area contributed by atoms with E-state index < -0.39 is 11.7 Å². The van der Waals surface area contributed by atoms with Gasteiger partial charge in [-0.05, 0) is 36.4 Å². The first kappa shape index (κ1) is 25.3. The fourth-order valence-electron chi connectivity index (χ4n) is 5.36. The second-order valence-corrected chi connectivity index (χ2v) is 9.75. The van der Waals surface area contributed by atoms with Gasteiger partial charge in [-0.15, -0.1) is 0 Å². The molecule has 0 aliphatic carbocycles. The van der Waals surface area contributed by atoms with Crippen LogP contribution < -0.4 is 0 Å². The second kappa shape index (κ2) is 9.75. The van der Waals surface area contributed by atoms with E-state index in [-0.39, 0.29) is 16.9 Å². The molecule has 0 saturated heterocycles. The zero-order valence-electron chi connectivity index (χ0n) is 21.9. The zero-order valence-corrected chi connectivity index (χ0v) is 21.9. The Morgan fingerprint density at radius 2 is 1.02 bits per heavy atom. The van der Waals surface area contributed by atoms with E-state index in [1.165, 1.54) is 10.6 Å². The number of aromatic nitrogens is 4. The Morgan fingerprint density at radius 3 is 1.50 bits per heavy atom. The van der Waals surface area contributed by atoms with Gasteiger partial charge in [0.05, 0.1) is 44.6 Å². The Kier molecular flexibility index (Phi) is 5.87. The normalized spacial score (nSPS) is 11.7. The van der Waals surface area contributed by atoms with Gasteiger partial charge in [0.1, 0.15) is 17.7 Å². The maximum absolute atomic E-state index is 15.0. The number of nitrogens with zero attached hydrogens (tertiary/aromatic N) is 5. The predicted molar refractivity (Wildman–Crippen MR) is 156 cm³/mol. The van der Waals surface area contributed by atoms with Gasteiger partial charge in [0.2, 0.25) is 0 Å². The molecule has 0 bridgehead atoms. The summed E-state index contributed by atoms with van der Waals surface area (Å²) in [6, 6.07) is 37.0. The van der Waals surface area contributed by atoms with Gasteiger partial charge in [0.15, 0.2) is 0 Å². The van der Waals surface area contributed by atoms with E-state index in [9.17, 15) is 5.26 Å². The molecular weight excluding hydrogens is 535 g/mol. The van der Waals surface area contributed by atoms with Crippen molar-refractivity contribution in [2.45, 2.75) is 6.18 Å². The largest absolute Gasteiger partial charge is 0.418 e. The summed E-state index contributed by atoms with van der Waals surface area (Å²) in [5.74, 6) is 0.782. The molecule has 0 atom stereocenters. The zero-order chi connectivity index (χ0) is 28.8. The van der Waals surface area contributed by atoms with Crippen molar-refractivity contribution in [3.8, 4) is 40.2 Å². The van der Waals surface area contributed by atoms with E-state index >= 15 is 13.2 Å². The minimum absolute atomic E-state index is 0.0649. The Bertz CT molecular complexity index is 2140. The minimum Gasteiger partial charge on any atom is -0.292 e. The van der Waals surface area contributed by atoms with Crippen molar-refractivity contribution in [2.24, 2.45) is 0 Å². The Hall–Kier alpha value is -5.68. The molecule has 2 aromatic heterocycles. The molecule has 0 N–H and O–H groups in total. The van der Waals surface area contributed by atoms with Gasteiger partial charge in [-0.1, -0.05) is 84.9 Å². The molecule has 0 aliphatic rings. The first-order valence-corrected chi connectivity index (χ1v) is 13.2. The third-order valence-corrected chi connectivity index (χ3v) is 7.21. The van der Waals surface area contributed by atoms with E-state index in [1.54, 1.807) is 59.2 Å². The lowest BCUT2D eigenvalue weighted by atomic mass is 10.0. The predicted octanol–water partition coefficient (Wildman–Crippen LogP) is 8.59. The third-order valence-electron chi connectivity index (χ3n) is 7.21. The third kappa shape index (κ3) is 4.11. The molecular formula is C34H20F3N5. The molecule has 5 aromatic carbocycles. The number of halogens is 3. The van der Waals surface area contributed by atoms with Crippen LogP contribution in [0.3, 0.4) is 0 Å². The molecule has 0 aliphatic heterocycles. The van der Waals surface area contributed by atoms with Crippen LogP contribution in [0.5, 0.6) is 0 Å². The molecule has 0 unspecified atom stereocenters. The molecule has 0 radical (unpaired) electrons. The molecule has 7 rings (SSSR count). The quantitative estimate of drug-likeness (QED) is 0.219. The van der Waals surface area contributed by atoms with Gasteiger partial charge in [-0.25, -0.2) is 9.97 Å². The number of rotatable bonds is 4. The number of para-hydroxylation sites is 4. The first-order valence-electron chi connectivity index (χ1n) is 13.2. The fourth-order valence-corrected chi connectivity index (χ4v) is 5.36. The molecule has 5 nitrogen and oxygen atoms in total. The number of benzene rings is 5. The fraction of sp³-hybridized carbons (Fsp3) is 0.0294. The number of hydrogen-bond donors (Lipinski definition) is 0. The van der Waals surface area contributed by atoms with Crippen LogP contribution in [-0.2, 0) is 6.18 Å². The van der Waals surface area contributed by atoms with Crippen LogP contribution in [-0.4, -0.2) is 19.1 Å². The Morgan fingerprint density at radius 1 is 0.571 bits per heavy atom. The summed E-state index contributed by atoms with van der Waals surface area (Å²) in [5.41, 5.74) is 2.67. The average molecular weight is 556 g/mol. The highest BCUT2D eigenvalue weighted by molar-refractivity contribution is 5.86. The molecule has 8 heteroatoms. The van der Waals surface area contributed by atoms with Gasteiger partial charge in [-0.3, -0.25) is 9.13 Å². The summed E-state index contributed by atoms with van der Waals surface area (Å²) in [6.07, 6.45) is -4.75. The highest BCUT2D eigenvalue weighted by atomic mass is 19.4. The molecule has 0 fully saturated rings. The highest BCUT2D eigenvalue weighted by Crippen LogP contribution is 2.41. The van der Waals surface area contributed by atoms with E-state index in [4.69, 9.17) is 9.97 Å². The maximum atomic E-state index is 15.0. The smallest absolute Gasteiger partial charge is 0.292 e. The SMILES string of the molecule is N#Cc1cc(-n2c(-c3ccccc3)nc3ccccc32)c(C(F)(F)F)cc1-n1c(-c2ccccc2)nc2ccccc21. The van der Waals surface area contributed by atoms with Crippen molar-refractivity contribution in [3.63, 3.8) is 0 Å². The molecule has 42 heavy (non-hydrogen) atoms. The Labute approximate surface area is 238 Å². The van der Waals surface area contributed by atoms with Crippen molar-refractivity contribution in [1.29, 1.82) is 5.26 Å². The molecule has 2 heterocycles. The summed E-state index contributed by atoms with van der Waals surface area (Å²) in [7, 11) is 0. The van der Waals surface area contributed by atoms with Crippen molar-refractivity contribution >= 4 is 22.1 Å². The van der Waals surface area contributed by atoms with Crippen LogP contribution in [0.2, 0.25) is 0 Å². The van der Waals surface area contributed by atoms with Crippen molar-refractivity contribution in [3.05, 3.63) is 132 Å². The van der Waals surface area contributed by atoms with E-state index in [0.29, 0.717) is 44.8 Å². The maximum Gasteiger partial charge on any atom is 0.418 e. The lowest BCUT2D eigenvalue weighted by Crippen LogP contribution is -2.14. The van der Waals surface area contributed by atoms with Gasteiger partial charge in [0, 0.05) is 11.1 Å². The van der Waals surface area contributed by atoms with Crippen LogP contribution in [0.1, 0.15) is 11.1 Å². The van der Waals surface area contributed by atoms with Gasteiger partial charge in [0.25, 0.3) is 0 Å². The summed E-state index contributed by atoms with van der Waals surface area (Å²) < 4.78 is 48.2. The lowest BCUT2D eigenvalue weighted by molar-refractivity contribution is -0.137. The first-order chi connectivity index (χ1) is 20.4. The summed E-state index contributed by atoms with van der Waals surface area (Å²) in [5, 5.41) is 10.4.